The van der Waals surface area contributed by atoms with E-state index in [-0.39, 0.29) is 37.4 Å². The molecule has 0 aliphatic heterocycles. The minimum Gasteiger partial charge on any atom is -1.00 e. The first kappa shape index (κ1) is 23.1. The van der Waals surface area contributed by atoms with Crippen LogP contribution in [0.15, 0.2) is 0 Å². The molecule has 0 aromatic carbocycles. The van der Waals surface area contributed by atoms with E-state index in [9.17, 15) is 18.0 Å². The van der Waals surface area contributed by atoms with Crippen LogP contribution in [0.2, 0.25) is 0 Å². The third-order valence-corrected chi connectivity index (χ3v) is 4.77. The van der Waals surface area contributed by atoms with Crippen molar-refractivity contribution < 1.29 is 63.8 Å². The third-order valence-electron chi connectivity index (χ3n) is 3.25. The van der Waals surface area contributed by atoms with Gasteiger partial charge in [-0.05, 0) is 6.42 Å². The number of aliphatic carboxylic acids is 2. The van der Waals surface area contributed by atoms with E-state index < -0.39 is 39.6 Å². The maximum Gasteiger partial charge on any atom is 1.00 e. The molecule has 21 heavy (non-hydrogen) atoms. The van der Waals surface area contributed by atoms with Gasteiger partial charge in [-0.15, -0.1) is 0 Å². The molecule has 1 unspecified atom stereocenters. The zero-order valence-electron chi connectivity index (χ0n) is 13.5. The van der Waals surface area contributed by atoms with Crippen LogP contribution in [0.25, 0.3) is 0 Å². The smallest absolute Gasteiger partial charge is 1.00 e. The van der Waals surface area contributed by atoms with Gasteiger partial charge in [-0.3, -0.25) is 14.1 Å². The van der Waals surface area contributed by atoms with E-state index in [0.717, 1.165) is 25.7 Å². The van der Waals surface area contributed by atoms with Crippen LogP contribution in [0.5, 0.6) is 0 Å². The fourth-order valence-electron chi connectivity index (χ4n) is 2.04. The summed E-state index contributed by atoms with van der Waals surface area (Å²) in [5.41, 5.74) is 0. The number of hydrogen-bond donors (Lipinski definition) is 3. The number of carbonyl (C=O) groups is 2. The number of unbranched alkanes of at least 4 members (excludes halogenated alkanes) is 5. The van der Waals surface area contributed by atoms with Gasteiger partial charge in [0, 0.05) is 0 Å². The van der Waals surface area contributed by atoms with Crippen molar-refractivity contribution in [3.63, 3.8) is 0 Å². The van der Waals surface area contributed by atoms with Gasteiger partial charge in [0.1, 0.15) is 0 Å². The molecule has 9 heteroatoms. The molecule has 0 fully saturated rings. The van der Waals surface area contributed by atoms with E-state index in [1.165, 1.54) is 0 Å². The maximum atomic E-state index is 11.3. The molecule has 1 atom stereocenters. The minimum absolute atomic E-state index is 0. The quantitative estimate of drug-likeness (QED) is 0.252. The number of carboxylic acids is 2. The van der Waals surface area contributed by atoms with Crippen LogP contribution in [0.4, 0.5) is 0 Å². The summed E-state index contributed by atoms with van der Waals surface area (Å²) in [6.07, 6.45) is 3.16. The Balaban J connectivity index is -0.00000180. The molecule has 0 bridgehead atoms. The van der Waals surface area contributed by atoms with Gasteiger partial charge in [0.2, 0.25) is 4.75 Å². The van der Waals surface area contributed by atoms with Crippen molar-refractivity contribution in [1.82, 2.24) is 0 Å². The largest absolute Gasteiger partial charge is 1.00 e. The van der Waals surface area contributed by atoms with Gasteiger partial charge in [-0.2, -0.15) is 8.42 Å². The standard InChI is InChI=1S/C12H22O7S.Na.H/c1-2-3-4-5-6-7-8-12(11(15)16,9-10(13)14)20(17,18)19;;/h2-9H2,1H3,(H,13,14)(H,15,16)(H,17,18,19);;/q;+1;-1. The molecular weight excluding hydrogens is 311 g/mol. The van der Waals surface area contributed by atoms with Crippen LogP contribution in [-0.4, -0.2) is 39.9 Å². The van der Waals surface area contributed by atoms with Gasteiger partial charge < -0.3 is 11.6 Å². The van der Waals surface area contributed by atoms with Gasteiger partial charge in [-0.25, -0.2) is 0 Å². The van der Waals surface area contributed by atoms with Crippen molar-refractivity contribution in [2.75, 3.05) is 0 Å². The Labute approximate surface area is 148 Å². The van der Waals surface area contributed by atoms with Gasteiger partial charge in [-0.1, -0.05) is 45.4 Å². The molecule has 0 saturated heterocycles. The van der Waals surface area contributed by atoms with Crippen molar-refractivity contribution in [1.29, 1.82) is 0 Å². The Bertz CT molecular complexity index is 441. The van der Waals surface area contributed by atoms with Crippen molar-refractivity contribution >= 4 is 22.1 Å². The predicted octanol–water partition coefficient (Wildman–Crippen LogP) is -0.961. The van der Waals surface area contributed by atoms with Gasteiger partial charge in [0.25, 0.3) is 10.1 Å². The second-order valence-corrected chi connectivity index (χ2v) is 6.59. The predicted molar refractivity (Wildman–Crippen MR) is 73.3 cm³/mol. The topological polar surface area (TPSA) is 129 Å². The Hall–Kier alpha value is -0.150. The van der Waals surface area contributed by atoms with Crippen LogP contribution < -0.4 is 29.6 Å². The van der Waals surface area contributed by atoms with Crippen LogP contribution in [0.1, 0.15) is 59.7 Å². The number of rotatable bonds is 11. The van der Waals surface area contributed by atoms with E-state index in [2.05, 4.69) is 0 Å². The minimum atomic E-state index is -5.00. The summed E-state index contributed by atoms with van der Waals surface area (Å²) in [4.78, 5) is 21.9. The van der Waals surface area contributed by atoms with E-state index >= 15 is 0 Å². The molecule has 120 valence electrons. The molecule has 3 N–H and O–H groups in total. The summed E-state index contributed by atoms with van der Waals surface area (Å²) >= 11 is 0. The third kappa shape index (κ3) is 7.60. The van der Waals surface area contributed by atoms with Crippen LogP contribution in [-0.2, 0) is 19.7 Å². The normalized spacial score (nSPS) is 14.0. The molecular formula is C12H23NaO7S. The zero-order valence-corrected chi connectivity index (χ0v) is 15.4. The SMILES string of the molecule is CCCCCCCCC(CC(=O)O)(C(=O)O)S(=O)(=O)O.[H-].[Na+]. The molecule has 0 rings (SSSR count). The summed E-state index contributed by atoms with van der Waals surface area (Å²) in [6.45, 7) is 2.04. The van der Waals surface area contributed by atoms with Crippen molar-refractivity contribution in [2.24, 2.45) is 0 Å². The first-order valence-corrected chi connectivity index (χ1v) is 8.03. The summed E-state index contributed by atoms with van der Waals surface area (Å²) in [7, 11) is -5.00. The molecule has 0 aliphatic rings. The number of hydrogen-bond acceptors (Lipinski definition) is 4. The molecule has 0 aromatic rings. The van der Waals surface area contributed by atoms with Crippen LogP contribution >= 0.6 is 0 Å². The van der Waals surface area contributed by atoms with E-state index in [4.69, 9.17) is 14.8 Å². The van der Waals surface area contributed by atoms with E-state index in [1.54, 1.807) is 0 Å². The van der Waals surface area contributed by atoms with Crippen molar-refractivity contribution in [3.05, 3.63) is 0 Å². The first-order chi connectivity index (χ1) is 9.17. The summed E-state index contributed by atoms with van der Waals surface area (Å²) < 4.78 is 29.1. The van der Waals surface area contributed by atoms with Gasteiger partial charge >= 0.3 is 41.5 Å². The maximum absolute atomic E-state index is 11.3. The monoisotopic (exact) mass is 334 g/mol. The van der Waals surface area contributed by atoms with Crippen molar-refractivity contribution in [2.45, 2.75) is 63.0 Å². The summed E-state index contributed by atoms with van der Waals surface area (Å²) in [6, 6.07) is 0. The first-order valence-electron chi connectivity index (χ1n) is 6.59. The average Bonchev–Trinajstić information content (AvgIpc) is 2.29. The fraction of sp³-hybridized carbons (Fsp3) is 0.833. The van der Waals surface area contributed by atoms with Crippen molar-refractivity contribution in [3.8, 4) is 0 Å². The molecule has 0 radical (unpaired) electrons. The Morgan fingerprint density at radius 2 is 1.52 bits per heavy atom. The molecule has 0 aliphatic carbocycles. The molecule has 0 heterocycles. The average molecular weight is 334 g/mol. The Kier molecular flexibility index (Phi) is 11.6. The Morgan fingerprint density at radius 3 is 1.90 bits per heavy atom. The molecule has 0 aromatic heterocycles. The molecule has 0 amide bonds. The summed E-state index contributed by atoms with van der Waals surface area (Å²) in [5, 5.41) is 17.7. The molecule has 0 saturated carbocycles. The van der Waals surface area contributed by atoms with Gasteiger partial charge in [0.15, 0.2) is 0 Å². The fourth-order valence-corrected chi connectivity index (χ4v) is 2.97. The summed E-state index contributed by atoms with van der Waals surface area (Å²) in [5.74, 6) is -3.40. The second-order valence-electron chi connectivity index (χ2n) is 4.86. The Morgan fingerprint density at radius 1 is 1.05 bits per heavy atom. The van der Waals surface area contributed by atoms with Crippen LogP contribution in [0.3, 0.4) is 0 Å². The van der Waals surface area contributed by atoms with Crippen LogP contribution in [0, 0.1) is 0 Å². The zero-order chi connectivity index (χ0) is 15.8. The second kappa shape index (κ2) is 10.6. The number of carboxylic acid groups (broad SMARTS) is 2. The molecule has 0 spiro atoms. The van der Waals surface area contributed by atoms with Gasteiger partial charge in [0.05, 0.1) is 6.42 Å². The van der Waals surface area contributed by atoms with E-state index in [0.29, 0.717) is 6.42 Å². The molecule has 7 nitrogen and oxygen atoms in total. The van der Waals surface area contributed by atoms with E-state index in [1.807, 2.05) is 6.92 Å².